The van der Waals surface area contributed by atoms with Gasteiger partial charge < -0.3 is 5.73 Å². The van der Waals surface area contributed by atoms with Crippen LogP contribution in [-0.2, 0) is 0 Å². The van der Waals surface area contributed by atoms with Gasteiger partial charge in [0, 0.05) is 10.2 Å². The van der Waals surface area contributed by atoms with E-state index in [0.717, 1.165) is 10.2 Å². The Bertz CT molecular complexity index is 520. The van der Waals surface area contributed by atoms with Crippen LogP contribution in [0.25, 0.3) is 0 Å². The van der Waals surface area contributed by atoms with E-state index in [2.05, 4.69) is 65.3 Å². The van der Waals surface area contributed by atoms with Crippen LogP contribution >= 0.6 is 15.9 Å². The zero-order chi connectivity index (χ0) is 13.1. The summed E-state index contributed by atoms with van der Waals surface area (Å²) in [6, 6.07) is 16.6. The van der Waals surface area contributed by atoms with E-state index in [1.165, 1.54) is 11.1 Å². The van der Waals surface area contributed by atoms with Crippen molar-refractivity contribution < 1.29 is 0 Å². The zero-order valence-corrected chi connectivity index (χ0v) is 12.2. The molecule has 0 saturated carbocycles. The van der Waals surface area contributed by atoms with E-state index in [1.54, 1.807) is 0 Å². The Morgan fingerprint density at radius 2 is 1.61 bits per heavy atom. The van der Waals surface area contributed by atoms with Crippen LogP contribution in [0.3, 0.4) is 0 Å². The van der Waals surface area contributed by atoms with Gasteiger partial charge >= 0.3 is 0 Å². The van der Waals surface area contributed by atoms with Gasteiger partial charge in [-0.05, 0) is 43.4 Å². The number of hydrogen-bond acceptors (Lipinski definition) is 2. The summed E-state index contributed by atoms with van der Waals surface area (Å²) in [6.45, 7) is 0. The number of benzene rings is 2. The van der Waals surface area contributed by atoms with Gasteiger partial charge in [0.1, 0.15) is 0 Å². The lowest BCUT2D eigenvalue weighted by molar-refractivity contribution is 0.341. The van der Waals surface area contributed by atoms with Crippen LogP contribution in [0.15, 0.2) is 53.0 Å². The molecule has 0 heterocycles. The van der Waals surface area contributed by atoms with Gasteiger partial charge in [0.15, 0.2) is 0 Å². The highest BCUT2D eigenvalue weighted by Crippen LogP contribution is 2.32. The molecule has 0 aliphatic heterocycles. The number of nitrogen functional groups attached to an aromatic ring is 1. The Labute approximate surface area is 117 Å². The molecule has 0 spiro atoms. The van der Waals surface area contributed by atoms with Crippen LogP contribution in [-0.4, -0.2) is 19.0 Å². The molecular weight excluding hydrogens is 288 g/mol. The van der Waals surface area contributed by atoms with Crippen molar-refractivity contribution in [3.63, 3.8) is 0 Å². The molecule has 0 aromatic heterocycles. The Hall–Kier alpha value is -1.32. The van der Waals surface area contributed by atoms with Gasteiger partial charge in [-0.1, -0.05) is 46.3 Å². The average Bonchev–Trinajstić information content (AvgIpc) is 2.34. The van der Waals surface area contributed by atoms with E-state index in [0.29, 0.717) is 0 Å². The number of halogens is 1. The first-order chi connectivity index (χ1) is 8.59. The van der Waals surface area contributed by atoms with Gasteiger partial charge in [-0.3, -0.25) is 4.90 Å². The Morgan fingerprint density at radius 1 is 1.00 bits per heavy atom. The van der Waals surface area contributed by atoms with Crippen molar-refractivity contribution in [1.82, 2.24) is 4.90 Å². The molecule has 2 aromatic rings. The third-order valence-corrected chi connectivity index (χ3v) is 3.69. The van der Waals surface area contributed by atoms with Crippen molar-refractivity contribution in [1.29, 1.82) is 0 Å². The minimum Gasteiger partial charge on any atom is -0.399 e. The second-order valence-electron chi connectivity index (χ2n) is 4.55. The maximum Gasteiger partial charge on any atom is 0.0607 e. The van der Waals surface area contributed by atoms with Crippen LogP contribution in [0.1, 0.15) is 17.2 Å². The molecule has 3 heteroatoms. The fourth-order valence-corrected chi connectivity index (χ4v) is 2.63. The molecule has 0 saturated heterocycles. The predicted molar refractivity (Wildman–Crippen MR) is 80.5 cm³/mol. The first kappa shape index (κ1) is 13.1. The summed E-state index contributed by atoms with van der Waals surface area (Å²) in [7, 11) is 4.17. The molecule has 0 fully saturated rings. The molecular formula is C15H17BrN2. The summed E-state index contributed by atoms with van der Waals surface area (Å²) in [6.07, 6.45) is 0. The molecule has 1 unspecified atom stereocenters. The third-order valence-electron chi connectivity index (χ3n) is 2.97. The molecule has 18 heavy (non-hydrogen) atoms. The average molecular weight is 305 g/mol. The fourth-order valence-electron chi connectivity index (χ4n) is 2.13. The third kappa shape index (κ3) is 2.74. The minimum absolute atomic E-state index is 0.223. The SMILES string of the molecule is CN(C)C(c1ccc(N)cc1)c1ccccc1Br. The number of rotatable bonds is 3. The van der Waals surface area contributed by atoms with Crippen molar-refractivity contribution in [2.45, 2.75) is 6.04 Å². The van der Waals surface area contributed by atoms with Gasteiger partial charge in [-0.25, -0.2) is 0 Å². The lowest BCUT2D eigenvalue weighted by Gasteiger charge is -2.26. The molecule has 0 amide bonds. The molecule has 2 aromatic carbocycles. The van der Waals surface area contributed by atoms with Gasteiger partial charge in [0.05, 0.1) is 6.04 Å². The van der Waals surface area contributed by atoms with Crippen molar-refractivity contribution in [3.8, 4) is 0 Å². The van der Waals surface area contributed by atoms with E-state index < -0.39 is 0 Å². The minimum atomic E-state index is 0.223. The van der Waals surface area contributed by atoms with Gasteiger partial charge in [0.2, 0.25) is 0 Å². The van der Waals surface area contributed by atoms with Gasteiger partial charge in [0.25, 0.3) is 0 Å². The van der Waals surface area contributed by atoms with Crippen LogP contribution in [0, 0.1) is 0 Å². The van der Waals surface area contributed by atoms with Crippen LogP contribution in [0.5, 0.6) is 0 Å². The summed E-state index contributed by atoms with van der Waals surface area (Å²) in [5.41, 5.74) is 9.04. The van der Waals surface area contributed by atoms with Crippen molar-refractivity contribution >= 4 is 21.6 Å². The van der Waals surface area contributed by atoms with Crippen LogP contribution in [0.4, 0.5) is 5.69 Å². The predicted octanol–water partition coefficient (Wildman–Crippen LogP) is 3.68. The van der Waals surface area contributed by atoms with Crippen molar-refractivity contribution in [2.75, 3.05) is 19.8 Å². The van der Waals surface area contributed by atoms with Gasteiger partial charge in [-0.2, -0.15) is 0 Å². The Balaban J connectivity index is 2.47. The summed E-state index contributed by atoms with van der Waals surface area (Å²) in [5.74, 6) is 0. The molecule has 0 aliphatic carbocycles. The van der Waals surface area contributed by atoms with E-state index in [9.17, 15) is 0 Å². The maximum atomic E-state index is 5.75. The van der Waals surface area contributed by atoms with Crippen molar-refractivity contribution in [2.24, 2.45) is 0 Å². The van der Waals surface area contributed by atoms with E-state index in [-0.39, 0.29) is 6.04 Å². The molecule has 0 aliphatic rings. The quantitative estimate of drug-likeness (QED) is 0.877. The van der Waals surface area contributed by atoms with Crippen molar-refractivity contribution in [3.05, 3.63) is 64.1 Å². The molecule has 94 valence electrons. The summed E-state index contributed by atoms with van der Waals surface area (Å²) in [4.78, 5) is 2.20. The summed E-state index contributed by atoms with van der Waals surface area (Å²) >= 11 is 3.63. The molecule has 0 bridgehead atoms. The van der Waals surface area contributed by atoms with Crippen LogP contribution < -0.4 is 5.73 Å². The normalized spacial score (nSPS) is 12.7. The molecule has 1 atom stereocenters. The molecule has 2 N–H and O–H groups in total. The second-order valence-corrected chi connectivity index (χ2v) is 5.41. The fraction of sp³-hybridized carbons (Fsp3) is 0.200. The highest BCUT2D eigenvalue weighted by molar-refractivity contribution is 9.10. The smallest absolute Gasteiger partial charge is 0.0607 e. The maximum absolute atomic E-state index is 5.75. The highest BCUT2D eigenvalue weighted by atomic mass is 79.9. The van der Waals surface area contributed by atoms with Gasteiger partial charge in [-0.15, -0.1) is 0 Å². The number of hydrogen-bond donors (Lipinski definition) is 1. The largest absolute Gasteiger partial charge is 0.399 e. The monoisotopic (exact) mass is 304 g/mol. The van der Waals surface area contributed by atoms with E-state index >= 15 is 0 Å². The lowest BCUT2D eigenvalue weighted by Crippen LogP contribution is -2.21. The first-order valence-electron chi connectivity index (χ1n) is 5.86. The first-order valence-corrected chi connectivity index (χ1v) is 6.65. The summed E-state index contributed by atoms with van der Waals surface area (Å²) < 4.78 is 1.13. The van der Waals surface area contributed by atoms with Crippen LogP contribution in [0.2, 0.25) is 0 Å². The highest BCUT2D eigenvalue weighted by Gasteiger charge is 2.18. The Morgan fingerprint density at radius 3 is 2.17 bits per heavy atom. The summed E-state index contributed by atoms with van der Waals surface area (Å²) in [5, 5.41) is 0. The lowest BCUT2D eigenvalue weighted by atomic mass is 9.97. The number of anilines is 1. The zero-order valence-electron chi connectivity index (χ0n) is 10.6. The standard InChI is InChI=1S/C15H17BrN2/c1-18(2)15(11-7-9-12(17)10-8-11)13-5-3-4-6-14(13)16/h3-10,15H,17H2,1-2H3. The molecule has 2 nitrogen and oxygen atoms in total. The Kier molecular flexibility index (Phi) is 4.04. The second kappa shape index (κ2) is 5.55. The molecule has 0 radical (unpaired) electrons. The molecule has 2 rings (SSSR count). The van der Waals surface area contributed by atoms with E-state index in [4.69, 9.17) is 5.73 Å². The topological polar surface area (TPSA) is 29.3 Å². The number of nitrogens with two attached hydrogens (primary N) is 1. The number of nitrogens with zero attached hydrogens (tertiary/aromatic N) is 1. The van der Waals surface area contributed by atoms with E-state index in [1.807, 2.05) is 18.2 Å².